The monoisotopic (exact) mass is 360 g/mol. The lowest BCUT2D eigenvalue weighted by molar-refractivity contribution is -0.134. The van der Waals surface area contributed by atoms with Gasteiger partial charge in [-0.1, -0.05) is 30.3 Å². The molecular weight excluding hydrogens is 336 g/mol. The van der Waals surface area contributed by atoms with E-state index in [0.29, 0.717) is 31.1 Å². The van der Waals surface area contributed by atoms with E-state index in [0.717, 1.165) is 5.56 Å². The van der Waals surface area contributed by atoms with Gasteiger partial charge in [-0.2, -0.15) is 0 Å². The van der Waals surface area contributed by atoms with Crippen LogP contribution in [0, 0.1) is 0 Å². The third-order valence-electron chi connectivity index (χ3n) is 3.65. The van der Waals surface area contributed by atoms with Gasteiger partial charge in [-0.15, -0.1) is 11.3 Å². The normalized spacial score (nSPS) is 10.7. The number of benzene rings is 1. The van der Waals surface area contributed by atoms with Crippen molar-refractivity contribution in [3.63, 3.8) is 0 Å². The van der Waals surface area contributed by atoms with Gasteiger partial charge in [-0.25, -0.2) is 4.98 Å². The van der Waals surface area contributed by atoms with Crippen LogP contribution in [0.2, 0.25) is 0 Å². The van der Waals surface area contributed by atoms with E-state index >= 15 is 0 Å². The number of nitrogens with one attached hydrogen (secondary N) is 1. The molecule has 0 unspecified atom stereocenters. The summed E-state index contributed by atoms with van der Waals surface area (Å²) in [7, 11) is 3.89. The van der Waals surface area contributed by atoms with Gasteiger partial charge in [0, 0.05) is 31.1 Å². The minimum atomic E-state index is -0.221. The number of amides is 2. The lowest BCUT2D eigenvalue weighted by Gasteiger charge is -2.24. The minimum Gasteiger partial charge on any atom is -0.332 e. The molecule has 0 radical (unpaired) electrons. The zero-order chi connectivity index (χ0) is 18.1. The Bertz CT molecular complexity index is 659. The van der Waals surface area contributed by atoms with Crippen LogP contribution in [0.15, 0.2) is 41.9 Å². The first kappa shape index (κ1) is 19.1. The molecule has 134 valence electrons. The molecule has 0 saturated heterocycles. The van der Waals surface area contributed by atoms with Crippen molar-refractivity contribution in [2.75, 3.05) is 39.0 Å². The quantitative estimate of drug-likeness (QED) is 0.744. The van der Waals surface area contributed by atoms with Crippen molar-refractivity contribution in [2.45, 2.75) is 12.8 Å². The van der Waals surface area contributed by atoms with Gasteiger partial charge in [0.25, 0.3) is 0 Å². The van der Waals surface area contributed by atoms with Crippen molar-refractivity contribution in [2.24, 2.45) is 0 Å². The Balaban J connectivity index is 1.91. The molecule has 2 rings (SSSR count). The highest BCUT2D eigenvalue weighted by atomic mass is 32.1. The zero-order valence-electron chi connectivity index (χ0n) is 14.6. The highest BCUT2D eigenvalue weighted by Crippen LogP contribution is 2.10. The van der Waals surface area contributed by atoms with Crippen LogP contribution in [0.4, 0.5) is 5.13 Å². The molecule has 6 nitrogen and oxygen atoms in total. The number of rotatable bonds is 9. The van der Waals surface area contributed by atoms with Crippen LogP contribution in [0.25, 0.3) is 0 Å². The average Bonchev–Trinajstić information content (AvgIpc) is 3.10. The van der Waals surface area contributed by atoms with Crippen molar-refractivity contribution in [3.05, 3.63) is 47.5 Å². The third kappa shape index (κ3) is 7.03. The summed E-state index contributed by atoms with van der Waals surface area (Å²) in [5, 5.41) is 5.08. The Labute approximate surface area is 152 Å². The molecule has 0 aliphatic rings. The maximum atomic E-state index is 12.6. The van der Waals surface area contributed by atoms with Crippen LogP contribution in [0.1, 0.15) is 12.0 Å². The molecule has 0 aliphatic carbocycles. The SMILES string of the molecule is CN(C)CCN(CC(=O)Nc1nccs1)C(=O)CCc1ccccc1. The Morgan fingerprint density at radius 2 is 1.92 bits per heavy atom. The van der Waals surface area contributed by atoms with E-state index in [-0.39, 0.29) is 18.4 Å². The maximum Gasteiger partial charge on any atom is 0.245 e. The first-order chi connectivity index (χ1) is 12.0. The van der Waals surface area contributed by atoms with Crippen molar-refractivity contribution in [1.29, 1.82) is 0 Å². The number of carbonyl (C=O) groups excluding carboxylic acids is 2. The average molecular weight is 360 g/mol. The highest BCUT2D eigenvalue weighted by molar-refractivity contribution is 7.13. The van der Waals surface area contributed by atoms with Gasteiger partial charge in [0.15, 0.2) is 5.13 Å². The fraction of sp³-hybridized carbons (Fsp3) is 0.389. The number of anilines is 1. The largest absolute Gasteiger partial charge is 0.332 e. The first-order valence-corrected chi connectivity index (χ1v) is 9.08. The number of likely N-dealkylation sites (N-methyl/N-ethyl adjacent to an activating group) is 1. The van der Waals surface area contributed by atoms with E-state index in [9.17, 15) is 9.59 Å². The van der Waals surface area contributed by atoms with Crippen molar-refractivity contribution in [3.8, 4) is 0 Å². The molecular formula is C18H24N4O2S. The standard InChI is InChI=1S/C18H24N4O2S/c1-21(2)11-12-22(14-16(23)20-18-19-10-13-25-18)17(24)9-8-15-6-4-3-5-7-15/h3-7,10,13H,8-9,11-12,14H2,1-2H3,(H,19,20,23). The summed E-state index contributed by atoms with van der Waals surface area (Å²) >= 11 is 1.36. The molecule has 1 N–H and O–H groups in total. The van der Waals surface area contributed by atoms with Gasteiger partial charge in [0.2, 0.25) is 11.8 Å². The molecule has 2 amide bonds. The summed E-state index contributed by atoms with van der Waals surface area (Å²) in [6, 6.07) is 9.90. The van der Waals surface area contributed by atoms with E-state index < -0.39 is 0 Å². The zero-order valence-corrected chi connectivity index (χ0v) is 15.5. The van der Waals surface area contributed by atoms with Gasteiger partial charge in [0.05, 0.1) is 6.54 Å². The molecule has 1 aromatic carbocycles. The fourth-order valence-electron chi connectivity index (χ4n) is 2.28. The van der Waals surface area contributed by atoms with Crippen LogP contribution >= 0.6 is 11.3 Å². The Morgan fingerprint density at radius 3 is 2.56 bits per heavy atom. The van der Waals surface area contributed by atoms with Crippen molar-refractivity contribution in [1.82, 2.24) is 14.8 Å². The lowest BCUT2D eigenvalue weighted by atomic mass is 10.1. The van der Waals surface area contributed by atoms with E-state index in [4.69, 9.17) is 0 Å². The van der Waals surface area contributed by atoms with Crippen LogP contribution in [-0.4, -0.2) is 60.3 Å². The molecule has 0 fully saturated rings. The van der Waals surface area contributed by atoms with Gasteiger partial charge >= 0.3 is 0 Å². The molecule has 0 aliphatic heterocycles. The number of aromatic nitrogens is 1. The molecule has 7 heteroatoms. The lowest BCUT2D eigenvalue weighted by Crippen LogP contribution is -2.41. The summed E-state index contributed by atoms with van der Waals surface area (Å²) in [6.45, 7) is 1.27. The smallest absolute Gasteiger partial charge is 0.245 e. The topological polar surface area (TPSA) is 65.5 Å². The van der Waals surface area contributed by atoms with E-state index in [1.807, 2.05) is 49.3 Å². The van der Waals surface area contributed by atoms with Crippen LogP contribution in [0.3, 0.4) is 0 Å². The Hall–Kier alpha value is -2.25. The summed E-state index contributed by atoms with van der Waals surface area (Å²) in [5.74, 6) is -0.234. The first-order valence-electron chi connectivity index (χ1n) is 8.20. The van der Waals surface area contributed by atoms with Gasteiger partial charge in [-0.05, 0) is 26.1 Å². The number of aryl methyl sites for hydroxylation is 1. The van der Waals surface area contributed by atoms with E-state index in [1.54, 1.807) is 16.5 Å². The third-order valence-corrected chi connectivity index (χ3v) is 4.34. The molecule has 1 heterocycles. The second-order valence-corrected chi connectivity index (χ2v) is 6.88. The maximum absolute atomic E-state index is 12.6. The molecule has 2 aromatic rings. The second-order valence-electron chi connectivity index (χ2n) is 5.99. The Kier molecular flexibility index (Phi) is 7.56. The van der Waals surface area contributed by atoms with Crippen LogP contribution in [-0.2, 0) is 16.0 Å². The summed E-state index contributed by atoms with van der Waals surface area (Å²) in [4.78, 5) is 32.4. The predicted molar refractivity (Wildman–Crippen MR) is 101 cm³/mol. The molecule has 0 bridgehead atoms. The molecule has 25 heavy (non-hydrogen) atoms. The van der Waals surface area contributed by atoms with Gasteiger partial charge in [-0.3, -0.25) is 9.59 Å². The molecule has 1 aromatic heterocycles. The molecule has 0 saturated carbocycles. The number of carbonyl (C=O) groups is 2. The second kappa shape index (κ2) is 9.90. The minimum absolute atomic E-state index is 0.0139. The summed E-state index contributed by atoms with van der Waals surface area (Å²) < 4.78 is 0. The fourth-order valence-corrected chi connectivity index (χ4v) is 2.83. The number of thiazole rings is 1. The van der Waals surface area contributed by atoms with Crippen molar-refractivity contribution < 1.29 is 9.59 Å². The molecule has 0 atom stereocenters. The summed E-state index contributed by atoms with van der Waals surface area (Å²) in [5.41, 5.74) is 1.12. The number of nitrogens with zero attached hydrogens (tertiary/aromatic N) is 3. The molecule has 0 spiro atoms. The van der Waals surface area contributed by atoms with E-state index in [1.165, 1.54) is 11.3 Å². The highest BCUT2D eigenvalue weighted by Gasteiger charge is 2.17. The predicted octanol–water partition coefficient (Wildman–Crippen LogP) is 2.10. The Morgan fingerprint density at radius 1 is 1.16 bits per heavy atom. The number of hydrogen-bond donors (Lipinski definition) is 1. The van der Waals surface area contributed by atoms with E-state index in [2.05, 4.69) is 10.3 Å². The number of hydrogen-bond acceptors (Lipinski definition) is 5. The van der Waals surface area contributed by atoms with Gasteiger partial charge < -0.3 is 15.1 Å². The summed E-state index contributed by atoms with van der Waals surface area (Å²) in [6.07, 6.45) is 2.70. The van der Waals surface area contributed by atoms with Crippen LogP contribution in [0.5, 0.6) is 0 Å². The van der Waals surface area contributed by atoms with Gasteiger partial charge in [0.1, 0.15) is 0 Å². The van der Waals surface area contributed by atoms with Crippen LogP contribution < -0.4 is 5.32 Å². The van der Waals surface area contributed by atoms with Crippen molar-refractivity contribution >= 4 is 28.3 Å².